The molecule has 0 spiro atoms. The number of aromatic amines is 1. The standard InChI is InChI=1S/C24H25N5O4/c1-5-33-17-8-6-15(7-9-17)22-18(14-26-29-22)19-10-11-25-24(28-19)27-16-12-20(30-2)23(32-4)21(13-16)31-3/h6-14H,5H2,1-4H3,(H,26,29)(H,25,27,28). The third kappa shape index (κ3) is 4.67. The van der Waals surface area contributed by atoms with Crippen LogP contribution >= 0.6 is 0 Å². The molecule has 0 amide bonds. The first-order chi connectivity index (χ1) is 16.2. The zero-order valence-corrected chi connectivity index (χ0v) is 18.9. The molecule has 2 aromatic carbocycles. The first kappa shape index (κ1) is 21.9. The first-order valence-corrected chi connectivity index (χ1v) is 10.3. The number of nitrogens with zero attached hydrogens (tertiary/aromatic N) is 3. The second kappa shape index (κ2) is 9.90. The van der Waals surface area contributed by atoms with Crippen molar-refractivity contribution in [3.63, 3.8) is 0 Å². The molecule has 0 unspecified atom stereocenters. The minimum Gasteiger partial charge on any atom is -0.494 e. The maximum Gasteiger partial charge on any atom is 0.227 e. The van der Waals surface area contributed by atoms with Crippen LogP contribution in [0.3, 0.4) is 0 Å². The summed E-state index contributed by atoms with van der Waals surface area (Å²) in [5.41, 5.74) is 4.10. The molecule has 4 aromatic rings. The Hall–Kier alpha value is -4.27. The second-order valence-electron chi connectivity index (χ2n) is 6.92. The van der Waals surface area contributed by atoms with Crippen LogP contribution in [-0.4, -0.2) is 48.1 Å². The molecule has 2 aromatic heterocycles. The molecule has 2 heterocycles. The highest BCUT2D eigenvalue weighted by atomic mass is 16.5. The van der Waals surface area contributed by atoms with Crippen LogP contribution in [0.15, 0.2) is 54.9 Å². The maximum atomic E-state index is 5.53. The summed E-state index contributed by atoms with van der Waals surface area (Å²) in [5.74, 6) is 2.81. The molecule has 2 N–H and O–H groups in total. The Morgan fingerprint density at radius 1 is 0.939 bits per heavy atom. The lowest BCUT2D eigenvalue weighted by atomic mass is 10.1. The molecular weight excluding hydrogens is 422 g/mol. The van der Waals surface area contributed by atoms with Crippen LogP contribution in [0.1, 0.15) is 6.92 Å². The summed E-state index contributed by atoms with van der Waals surface area (Å²) < 4.78 is 21.8. The van der Waals surface area contributed by atoms with E-state index in [4.69, 9.17) is 18.9 Å². The highest BCUT2D eigenvalue weighted by Gasteiger charge is 2.15. The number of hydrogen-bond acceptors (Lipinski definition) is 8. The number of ether oxygens (including phenoxy) is 4. The molecule has 33 heavy (non-hydrogen) atoms. The largest absolute Gasteiger partial charge is 0.494 e. The van der Waals surface area contributed by atoms with E-state index in [0.717, 1.165) is 28.3 Å². The molecule has 170 valence electrons. The molecule has 4 rings (SSSR count). The zero-order chi connectivity index (χ0) is 23.2. The predicted molar refractivity (Wildman–Crippen MR) is 126 cm³/mol. The molecule has 9 nitrogen and oxygen atoms in total. The second-order valence-corrected chi connectivity index (χ2v) is 6.92. The molecule has 9 heteroatoms. The van der Waals surface area contributed by atoms with E-state index >= 15 is 0 Å². The Bertz CT molecular complexity index is 1200. The Morgan fingerprint density at radius 2 is 1.67 bits per heavy atom. The minimum atomic E-state index is 0.417. The van der Waals surface area contributed by atoms with E-state index in [2.05, 4.69) is 25.5 Å². The van der Waals surface area contributed by atoms with Crippen molar-refractivity contribution >= 4 is 11.6 Å². The summed E-state index contributed by atoms with van der Waals surface area (Å²) in [7, 11) is 4.70. The fraction of sp³-hybridized carbons (Fsp3) is 0.208. The fourth-order valence-corrected chi connectivity index (χ4v) is 3.44. The summed E-state index contributed by atoms with van der Waals surface area (Å²) in [6, 6.07) is 13.3. The van der Waals surface area contributed by atoms with Crippen molar-refractivity contribution in [2.75, 3.05) is 33.3 Å². The van der Waals surface area contributed by atoms with Crippen molar-refractivity contribution in [2.45, 2.75) is 6.92 Å². The summed E-state index contributed by atoms with van der Waals surface area (Å²) in [4.78, 5) is 9.03. The monoisotopic (exact) mass is 447 g/mol. The van der Waals surface area contributed by atoms with Crippen molar-refractivity contribution < 1.29 is 18.9 Å². The number of rotatable bonds is 9. The Balaban J connectivity index is 1.63. The average molecular weight is 447 g/mol. The van der Waals surface area contributed by atoms with Gasteiger partial charge in [0.2, 0.25) is 11.7 Å². The Morgan fingerprint density at radius 3 is 2.30 bits per heavy atom. The summed E-state index contributed by atoms with van der Waals surface area (Å²) in [6.07, 6.45) is 3.44. The van der Waals surface area contributed by atoms with Gasteiger partial charge < -0.3 is 24.3 Å². The van der Waals surface area contributed by atoms with Crippen LogP contribution in [0, 0.1) is 0 Å². The summed E-state index contributed by atoms with van der Waals surface area (Å²) in [5, 5.41) is 10.5. The number of anilines is 2. The van der Waals surface area contributed by atoms with E-state index in [1.54, 1.807) is 45.9 Å². The number of nitrogens with one attached hydrogen (secondary N) is 2. The van der Waals surface area contributed by atoms with Gasteiger partial charge in [0.05, 0.1) is 45.5 Å². The topological polar surface area (TPSA) is 103 Å². The molecule has 0 aliphatic carbocycles. The van der Waals surface area contributed by atoms with Crippen molar-refractivity contribution in [2.24, 2.45) is 0 Å². The molecule has 0 atom stereocenters. The average Bonchev–Trinajstić information content (AvgIpc) is 3.34. The summed E-state index contributed by atoms with van der Waals surface area (Å²) in [6.45, 7) is 2.58. The van der Waals surface area contributed by atoms with Crippen LogP contribution in [0.2, 0.25) is 0 Å². The lowest BCUT2D eigenvalue weighted by Gasteiger charge is -2.14. The van der Waals surface area contributed by atoms with Gasteiger partial charge in [-0.05, 0) is 37.3 Å². The van der Waals surface area contributed by atoms with Gasteiger partial charge in [-0.1, -0.05) is 0 Å². The normalized spacial score (nSPS) is 10.5. The SMILES string of the molecule is CCOc1ccc(-c2[nH]ncc2-c2ccnc(Nc3cc(OC)c(OC)c(OC)c3)n2)cc1. The van der Waals surface area contributed by atoms with E-state index in [1.807, 2.05) is 37.3 Å². The van der Waals surface area contributed by atoms with E-state index in [9.17, 15) is 0 Å². The molecule has 0 saturated carbocycles. The van der Waals surface area contributed by atoms with E-state index in [-0.39, 0.29) is 0 Å². The Kier molecular flexibility index (Phi) is 6.58. The van der Waals surface area contributed by atoms with Crippen molar-refractivity contribution in [1.82, 2.24) is 20.2 Å². The molecule has 0 fully saturated rings. The van der Waals surface area contributed by atoms with Gasteiger partial charge in [0.25, 0.3) is 0 Å². The third-order valence-corrected chi connectivity index (χ3v) is 4.95. The van der Waals surface area contributed by atoms with Crippen molar-refractivity contribution in [3.8, 4) is 45.5 Å². The number of hydrogen-bond donors (Lipinski definition) is 2. The van der Waals surface area contributed by atoms with Crippen LogP contribution in [0.5, 0.6) is 23.0 Å². The zero-order valence-electron chi connectivity index (χ0n) is 18.9. The first-order valence-electron chi connectivity index (χ1n) is 10.3. The minimum absolute atomic E-state index is 0.417. The van der Waals surface area contributed by atoms with Gasteiger partial charge >= 0.3 is 0 Å². The fourth-order valence-electron chi connectivity index (χ4n) is 3.44. The van der Waals surface area contributed by atoms with E-state index < -0.39 is 0 Å². The van der Waals surface area contributed by atoms with Gasteiger partial charge in [0.15, 0.2) is 11.5 Å². The van der Waals surface area contributed by atoms with Crippen molar-refractivity contribution in [3.05, 3.63) is 54.9 Å². The van der Waals surface area contributed by atoms with E-state index in [0.29, 0.717) is 35.5 Å². The highest BCUT2D eigenvalue weighted by Crippen LogP contribution is 2.40. The number of H-pyrrole nitrogens is 1. The Labute approximate surface area is 191 Å². The highest BCUT2D eigenvalue weighted by molar-refractivity contribution is 5.79. The maximum absolute atomic E-state index is 5.53. The molecule has 0 aliphatic rings. The van der Waals surface area contributed by atoms with Gasteiger partial charge in [-0.3, -0.25) is 5.10 Å². The number of methoxy groups -OCH3 is 3. The molecule has 0 aliphatic heterocycles. The van der Waals surface area contributed by atoms with Gasteiger partial charge in [-0.15, -0.1) is 0 Å². The van der Waals surface area contributed by atoms with Gasteiger partial charge in [0.1, 0.15) is 5.75 Å². The van der Waals surface area contributed by atoms with Crippen molar-refractivity contribution in [1.29, 1.82) is 0 Å². The quantitative estimate of drug-likeness (QED) is 0.380. The molecule has 0 saturated heterocycles. The predicted octanol–water partition coefficient (Wildman–Crippen LogP) is 4.70. The number of benzene rings is 2. The third-order valence-electron chi connectivity index (χ3n) is 4.95. The van der Waals surface area contributed by atoms with E-state index in [1.165, 1.54) is 0 Å². The lowest BCUT2D eigenvalue weighted by Crippen LogP contribution is -2.01. The van der Waals surface area contributed by atoms with Crippen LogP contribution in [0.25, 0.3) is 22.5 Å². The molecule has 0 radical (unpaired) electrons. The van der Waals surface area contributed by atoms with Gasteiger partial charge in [0, 0.05) is 35.1 Å². The van der Waals surface area contributed by atoms with Gasteiger partial charge in [-0.2, -0.15) is 5.10 Å². The molecule has 0 bridgehead atoms. The number of aromatic nitrogens is 4. The summed E-state index contributed by atoms with van der Waals surface area (Å²) >= 11 is 0. The lowest BCUT2D eigenvalue weighted by molar-refractivity contribution is 0.324. The van der Waals surface area contributed by atoms with Gasteiger partial charge in [-0.25, -0.2) is 9.97 Å². The smallest absolute Gasteiger partial charge is 0.227 e. The van der Waals surface area contributed by atoms with Crippen LogP contribution in [0.4, 0.5) is 11.6 Å². The molecular formula is C24H25N5O4. The van der Waals surface area contributed by atoms with Crippen LogP contribution < -0.4 is 24.3 Å². The van der Waals surface area contributed by atoms with Crippen LogP contribution in [-0.2, 0) is 0 Å².